The summed E-state index contributed by atoms with van der Waals surface area (Å²) in [5.74, 6) is 0. The predicted molar refractivity (Wildman–Crippen MR) is 46.7 cm³/mol. The molecule has 0 saturated carbocycles. The van der Waals surface area contributed by atoms with Crippen molar-refractivity contribution in [2.24, 2.45) is 5.41 Å². The van der Waals surface area contributed by atoms with Crippen LogP contribution in [0.2, 0.25) is 0 Å². The molecular weight excluding hydrogens is 138 g/mol. The van der Waals surface area contributed by atoms with Crippen LogP contribution in [0.15, 0.2) is 0 Å². The molecular formula is C9H19NO. The lowest BCUT2D eigenvalue weighted by Crippen LogP contribution is -2.46. The van der Waals surface area contributed by atoms with Crippen molar-refractivity contribution in [3.05, 3.63) is 0 Å². The summed E-state index contributed by atoms with van der Waals surface area (Å²) in [6.45, 7) is 9.74. The molecule has 0 spiro atoms. The summed E-state index contributed by atoms with van der Waals surface area (Å²) >= 11 is 0. The van der Waals surface area contributed by atoms with Gasteiger partial charge in [-0.15, -0.1) is 0 Å². The largest absolute Gasteiger partial charge is 0.375 e. The Labute approximate surface area is 69.5 Å². The van der Waals surface area contributed by atoms with Gasteiger partial charge in [-0.1, -0.05) is 20.8 Å². The predicted octanol–water partition coefficient (Wildman–Crippen LogP) is 1.36. The van der Waals surface area contributed by atoms with Crippen molar-refractivity contribution in [3.8, 4) is 0 Å². The molecule has 1 saturated heterocycles. The quantitative estimate of drug-likeness (QED) is 0.526. The van der Waals surface area contributed by atoms with Crippen LogP contribution < -0.4 is 0 Å². The van der Waals surface area contributed by atoms with E-state index in [9.17, 15) is 0 Å². The lowest BCUT2D eigenvalue weighted by atomic mass is 9.88. The average Bonchev–Trinajstić information content (AvgIpc) is 1.86. The zero-order valence-electron chi connectivity index (χ0n) is 8.05. The van der Waals surface area contributed by atoms with Crippen molar-refractivity contribution in [2.75, 3.05) is 26.7 Å². The van der Waals surface area contributed by atoms with Gasteiger partial charge in [-0.25, -0.2) is 0 Å². The number of ether oxygens (including phenoxy) is 1. The van der Waals surface area contributed by atoms with Crippen LogP contribution in [0.25, 0.3) is 0 Å². The van der Waals surface area contributed by atoms with E-state index in [1.165, 1.54) is 0 Å². The Balaban J connectivity index is 2.46. The summed E-state index contributed by atoms with van der Waals surface area (Å²) in [6.07, 6.45) is 0.404. The number of nitrogens with zero attached hydrogens (tertiary/aromatic N) is 1. The number of hydrogen-bond donors (Lipinski definition) is 0. The van der Waals surface area contributed by atoms with Gasteiger partial charge in [0.05, 0.1) is 12.7 Å². The molecule has 0 radical (unpaired) electrons. The van der Waals surface area contributed by atoms with Crippen molar-refractivity contribution >= 4 is 0 Å². The lowest BCUT2D eigenvalue weighted by molar-refractivity contribution is -0.0729. The first-order valence-electron chi connectivity index (χ1n) is 4.30. The molecule has 0 amide bonds. The Morgan fingerprint density at radius 2 is 2.00 bits per heavy atom. The summed E-state index contributed by atoms with van der Waals surface area (Å²) in [7, 11) is 2.15. The third-order valence-electron chi connectivity index (χ3n) is 2.24. The summed E-state index contributed by atoms with van der Waals surface area (Å²) in [6, 6.07) is 0. The molecule has 1 rings (SSSR count). The second-order valence-electron chi connectivity index (χ2n) is 4.49. The number of rotatable bonds is 0. The van der Waals surface area contributed by atoms with Crippen LogP contribution in [-0.4, -0.2) is 37.7 Å². The van der Waals surface area contributed by atoms with Gasteiger partial charge in [-0.3, -0.25) is 0 Å². The molecule has 0 N–H and O–H groups in total. The van der Waals surface area contributed by atoms with Crippen molar-refractivity contribution in [1.82, 2.24) is 4.90 Å². The van der Waals surface area contributed by atoms with E-state index in [1.54, 1.807) is 0 Å². The molecule has 66 valence electrons. The molecule has 11 heavy (non-hydrogen) atoms. The van der Waals surface area contributed by atoms with Crippen molar-refractivity contribution in [3.63, 3.8) is 0 Å². The maximum atomic E-state index is 5.67. The molecule has 1 fully saturated rings. The van der Waals surface area contributed by atoms with E-state index in [4.69, 9.17) is 4.74 Å². The second-order valence-corrected chi connectivity index (χ2v) is 4.49. The Hall–Kier alpha value is -0.0800. The van der Waals surface area contributed by atoms with Gasteiger partial charge in [0.25, 0.3) is 0 Å². The Morgan fingerprint density at radius 1 is 1.36 bits per heavy atom. The van der Waals surface area contributed by atoms with E-state index < -0.39 is 0 Å². The molecule has 0 aromatic heterocycles. The third-order valence-corrected chi connectivity index (χ3v) is 2.24. The van der Waals surface area contributed by atoms with Crippen LogP contribution in [0, 0.1) is 5.41 Å². The number of hydrogen-bond acceptors (Lipinski definition) is 2. The molecule has 1 aliphatic rings. The number of likely N-dealkylation sites (N-methyl/N-ethyl adjacent to an activating group) is 1. The summed E-state index contributed by atoms with van der Waals surface area (Å²) < 4.78 is 5.67. The first kappa shape index (κ1) is 9.01. The smallest absolute Gasteiger partial charge is 0.0750 e. The molecule has 1 heterocycles. The van der Waals surface area contributed by atoms with Gasteiger partial charge in [0, 0.05) is 13.1 Å². The summed E-state index contributed by atoms with van der Waals surface area (Å²) in [5.41, 5.74) is 0.286. The standard InChI is InChI=1S/C9H19NO/c1-9(2,3)8-7-10(4)5-6-11-8/h8H,5-7H2,1-4H3. The monoisotopic (exact) mass is 157 g/mol. The Morgan fingerprint density at radius 3 is 2.36 bits per heavy atom. The fourth-order valence-electron chi connectivity index (χ4n) is 1.30. The molecule has 1 unspecified atom stereocenters. The molecule has 0 aromatic carbocycles. The van der Waals surface area contributed by atoms with Gasteiger partial charge in [0.15, 0.2) is 0 Å². The number of morpholine rings is 1. The Bertz CT molecular complexity index is 128. The second kappa shape index (κ2) is 3.11. The summed E-state index contributed by atoms with van der Waals surface area (Å²) in [4.78, 5) is 2.33. The van der Waals surface area contributed by atoms with Crippen LogP contribution in [0.4, 0.5) is 0 Å². The highest BCUT2D eigenvalue weighted by Crippen LogP contribution is 2.24. The maximum absolute atomic E-state index is 5.67. The van der Waals surface area contributed by atoms with Gasteiger partial charge in [-0.2, -0.15) is 0 Å². The van der Waals surface area contributed by atoms with E-state index in [1.807, 2.05) is 0 Å². The molecule has 0 aromatic rings. The SMILES string of the molecule is CN1CCOC(C(C)(C)C)C1. The van der Waals surface area contributed by atoms with Crippen LogP contribution in [-0.2, 0) is 4.74 Å². The molecule has 0 bridgehead atoms. The first-order chi connectivity index (χ1) is 5.00. The fraction of sp³-hybridized carbons (Fsp3) is 1.00. The van der Waals surface area contributed by atoms with Gasteiger partial charge in [-0.05, 0) is 12.5 Å². The highest BCUT2D eigenvalue weighted by Gasteiger charge is 2.28. The third kappa shape index (κ3) is 2.46. The molecule has 1 aliphatic heterocycles. The average molecular weight is 157 g/mol. The van der Waals surface area contributed by atoms with E-state index in [2.05, 4.69) is 32.7 Å². The minimum atomic E-state index is 0.286. The zero-order valence-corrected chi connectivity index (χ0v) is 8.05. The topological polar surface area (TPSA) is 12.5 Å². The zero-order chi connectivity index (χ0) is 8.48. The van der Waals surface area contributed by atoms with Crippen LogP contribution in [0.5, 0.6) is 0 Å². The normalized spacial score (nSPS) is 28.9. The maximum Gasteiger partial charge on any atom is 0.0750 e. The highest BCUT2D eigenvalue weighted by molar-refractivity contribution is 4.79. The van der Waals surface area contributed by atoms with Crippen molar-refractivity contribution < 1.29 is 4.74 Å². The van der Waals surface area contributed by atoms with E-state index in [0.29, 0.717) is 6.10 Å². The van der Waals surface area contributed by atoms with Crippen molar-refractivity contribution in [1.29, 1.82) is 0 Å². The van der Waals surface area contributed by atoms with Gasteiger partial charge in [0.1, 0.15) is 0 Å². The summed E-state index contributed by atoms with van der Waals surface area (Å²) in [5, 5.41) is 0. The minimum absolute atomic E-state index is 0.286. The molecule has 0 aliphatic carbocycles. The lowest BCUT2D eigenvalue weighted by Gasteiger charge is -2.37. The van der Waals surface area contributed by atoms with Crippen LogP contribution >= 0.6 is 0 Å². The molecule has 2 heteroatoms. The van der Waals surface area contributed by atoms with Gasteiger partial charge in [0.2, 0.25) is 0 Å². The van der Waals surface area contributed by atoms with Crippen molar-refractivity contribution in [2.45, 2.75) is 26.9 Å². The molecule has 1 atom stereocenters. The molecule has 2 nitrogen and oxygen atoms in total. The first-order valence-corrected chi connectivity index (χ1v) is 4.30. The van der Waals surface area contributed by atoms with E-state index in [-0.39, 0.29) is 5.41 Å². The minimum Gasteiger partial charge on any atom is -0.375 e. The van der Waals surface area contributed by atoms with E-state index in [0.717, 1.165) is 19.7 Å². The van der Waals surface area contributed by atoms with E-state index >= 15 is 0 Å². The van der Waals surface area contributed by atoms with Gasteiger partial charge >= 0.3 is 0 Å². The van der Waals surface area contributed by atoms with Crippen LogP contribution in [0.3, 0.4) is 0 Å². The van der Waals surface area contributed by atoms with Crippen LogP contribution in [0.1, 0.15) is 20.8 Å². The highest BCUT2D eigenvalue weighted by atomic mass is 16.5. The fourth-order valence-corrected chi connectivity index (χ4v) is 1.30. The Kier molecular flexibility index (Phi) is 2.55. The van der Waals surface area contributed by atoms with Gasteiger partial charge < -0.3 is 9.64 Å².